The minimum absolute atomic E-state index is 0.0999. The third-order valence-electron chi connectivity index (χ3n) is 7.84. The van der Waals surface area contributed by atoms with Gasteiger partial charge < -0.3 is 39.3 Å². The van der Waals surface area contributed by atoms with Crippen LogP contribution in [-0.2, 0) is 23.5 Å². The Hall–Kier alpha value is -4.79. The van der Waals surface area contributed by atoms with Gasteiger partial charge in [0.25, 0.3) is 0 Å². The van der Waals surface area contributed by atoms with E-state index in [0.717, 1.165) is 22.9 Å². The molecule has 0 aromatic heterocycles. The van der Waals surface area contributed by atoms with Gasteiger partial charge >= 0.3 is 0 Å². The van der Waals surface area contributed by atoms with Crippen LogP contribution < -0.4 is 9.80 Å². The second-order valence-corrected chi connectivity index (χ2v) is 14.9. The number of hydrogen-bond acceptors (Lipinski definition) is 10. The molecule has 0 amide bonds. The molecule has 276 valence electrons. The Balaban J connectivity index is 0.000000312. The van der Waals surface area contributed by atoms with Crippen LogP contribution in [0.1, 0.15) is 73.4 Å². The molecule has 0 saturated heterocycles. The molecule has 0 radical (unpaired) electrons. The Kier molecular flexibility index (Phi) is 15.3. The maximum atomic E-state index is 12.6. The first-order chi connectivity index (χ1) is 23.5. The normalized spacial score (nSPS) is 12.7. The van der Waals surface area contributed by atoms with Crippen LogP contribution in [0.2, 0.25) is 0 Å². The predicted octanol–water partition coefficient (Wildman–Crippen LogP) is 2.99. The summed E-state index contributed by atoms with van der Waals surface area (Å²) in [4.78, 5) is 27.4. The largest absolute Gasteiger partial charge is 0.759 e. The summed E-state index contributed by atoms with van der Waals surface area (Å²) in [5, 5.41) is 38.2. The van der Waals surface area contributed by atoms with Crippen molar-refractivity contribution in [1.29, 1.82) is 0 Å². The van der Waals surface area contributed by atoms with Crippen molar-refractivity contribution in [2.45, 2.75) is 65.7 Å². The summed E-state index contributed by atoms with van der Waals surface area (Å²) >= 11 is 0. The van der Waals surface area contributed by atoms with Crippen molar-refractivity contribution < 1.29 is 57.3 Å². The Morgan fingerprint density at radius 2 is 0.804 bits per heavy atom. The fourth-order valence-corrected chi connectivity index (χ4v) is 4.97. The molecule has 0 aliphatic carbocycles. The number of phenolic OH excluding ortho intramolecular Hbond substituents is 4. The first-order valence-electron chi connectivity index (χ1n) is 16.1. The van der Waals surface area contributed by atoms with E-state index in [2.05, 4.69) is 65.8 Å². The lowest BCUT2D eigenvalue weighted by atomic mass is 10.0. The van der Waals surface area contributed by atoms with Gasteiger partial charge in [-0.2, -0.15) is 0 Å². The lowest BCUT2D eigenvalue weighted by Crippen LogP contribution is -3.18. The molecule has 12 nitrogen and oxygen atoms in total. The molecule has 4 aromatic rings. The summed E-state index contributed by atoms with van der Waals surface area (Å²) in [6, 6.07) is 28.1. The van der Waals surface area contributed by atoms with Gasteiger partial charge in [-0.25, -0.2) is 0 Å². The third-order valence-corrected chi connectivity index (χ3v) is 7.84. The molecule has 0 aliphatic heterocycles. The van der Waals surface area contributed by atoms with Crippen LogP contribution >= 0.6 is 0 Å². The van der Waals surface area contributed by atoms with Gasteiger partial charge in [0.1, 0.15) is 49.2 Å². The maximum Gasteiger partial charge on any atom is 0.217 e. The highest BCUT2D eigenvalue weighted by atomic mass is 32.3. The molecule has 13 heteroatoms. The van der Waals surface area contributed by atoms with Gasteiger partial charge in [-0.05, 0) is 65.8 Å². The van der Waals surface area contributed by atoms with Crippen LogP contribution in [0.15, 0.2) is 97.1 Å². The molecule has 0 fully saturated rings. The molecular weight excluding hydrogens is 676 g/mol. The SMILES string of the molecule is CC(C)(C)[NH+](CC(=O)c1cc(O)cc(O)c1)Cc1ccccc1.CC(C)(C)[NH+](CC(=O)c1cc(O)cc(O)c1)Cc1ccccc1.O=S(=O)([O-])[O-]. The minimum Gasteiger partial charge on any atom is -0.759 e. The van der Waals surface area contributed by atoms with Crippen LogP contribution in [0.4, 0.5) is 0 Å². The molecule has 2 unspecified atom stereocenters. The fraction of sp³-hybridized carbons (Fsp3) is 0.316. The standard InChI is InChI=1S/2C19H23NO3.H2O4S/c2*1-19(2,3)20(12-14-7-5-4-6-8-14)13-18(23)15-9-16(21)11-17(22)10-15;1-5(2,3)4/h2*4-11,21-22H,12-13H2,1-3H3;(H2,1,2,3,4). The summed E-state index contributed by atoms with van der Waals surface area (Å²) < 4.78 is 34.1. The van der Waals surface area contributed by atoms with Crippen LogP contribution in [0, 0.1) is 0 Å². The molecule has 0 aliphatic rings. The average Bonchev–Trinajstić information content (AvgIpc) is 2.99. The molecular formula is C38H48N2O10S. The van der Waals surface area contributed by atoms with Gasteiger partial charge in [-0.3, -0.25) is 18.0 Å². The van der Waals surface area contributed by atoms with Gasteiger partial charge in [-0.15, -0.1) is 0 Å². The number of ketones is 2. The Morgan fingerprint density at radius 1 is 0.549 bits per heavy atom. The summed E-state index contributed by atoms with van der Waals surface area (Å²) in [6.07, 6.45) is 0. The number of rotatable bonds is 10. The number of quaternary nitrogens is 2. The molecule has 4 aromatic carbocycles. The van der Waals surface area contributed by atoms with Crippen molar-refractivity contribution in [3.8, 4) is 23.0 Å². The molecule has 0 bridgehead atoms. The van der Waals surface area contributed by atoms with E-state index in [9.17, 15) is 30.0 Å². The summed E-state index contributed by atoms with van der Waals surface area (Å²) in [5.74, 6) is -0.612. The van der Waals surface area contributed by atoms with E-state index in [1.165, 1.54) is 47.5 Å². The lowest BCUT2D eigenvalue weighted by Gasteiger charge is -2.32. The molecule has 6 N–H and O–H groups in total. The monoisotopic (exact) mass is 724 g/mol. The second-order valence-electron chi connectivity index (χ2n) is 14.1. The van der Waals surface area contributed by atoms with E-state index in [1.807, 2.05) is 36.4 Å². The second kappa shape index (κ2) is 18.4. The molecule has 0 heterocycles. The van der Waals surface area contributed by atoms with Gasteiger partial charge in [0.2, 0.25) is 11.6 Å². The number of benzene rings is 4. The van der Waals surface area contributed by atoms with Gasteiger partial charge in [0.05, 0.1) is 11.1 Å². The topological polar surface area (TPSA) is 204 Å². The first-order valence-corrected chi connectivity index (χ1v) is 17.4. The van der Waals surface area contributed by atoms with E-state index in [-0.39, 0.29) is 45.6 Å². The van der Waals surface area contributed by atoms with Crippen molar-refractivity contribution in [3.05, 3.63) is 119 Å². The number of nitrogens with one attached hydrogen (secondary N) is 2. The maximum absolute atomic E-state index is 12.6. The Morgan fingerprint density at radius 3 is 1.04 bits per heavy atom. The summed E-state index contributed by atoms with van der Waals surface area (Å²) in [7, 11) is -5.17. The minimum atomic E-state index is -5.17. The van der Waals surface area contributed by atoms with E-state index in [0.29, 0.717) is 24.2 Å². The van der Waals surface area contributed by atoms with E-state index in [4.69, 9.17) is 17.5 Å². The molecule has 0 spiro atoms. The molecule has 4 rings (SSSR count). The van der Waals surface area contributed by atoms with Crippen LogP contribution in [-0.4, -0.2) is 73.7 Å². The van der Waals surface area contributed by atoms with Crippen LogP contribution in [0.5, 0.6) is 23.0 Å². The Bertz CT molecular complexity index is 1670. The van der Waals surface area contributed by atoms with Gasteiger partial charge in [-0.1, -0.05) is 60.7 Å². The zero-order chi connectivity index (χ0) is 38.6. The molecule has 51 heavy (non-hydrogen) atoms. The number of Topliss-reactive ketones (excluding diaryl/α,β-unsaturated/α-hetero) is 2. The van der Waals surface area contributed by atoms with Crippen molar-refractivity contribution in [3.63, 3.8) is 0 Å². The van der Waals surface area contributed by atoms with E-state index >= 15 is 0 Å². The van der Waals surface area contributed by atoms with Crippen molar-refractivity contribution in [1.82, 2.24) is 0 Å². The lowest BCUT2D eigenvalue weighted by molar-refractivity contribution is -0.952. The highest BCUT2D eigenvalue weighted by molar-refractivity contribution is 7.79. The number of hydrogen-bond donors (Lipinski definition) is 6. The molecule has 0 saturated carbocycles. The summed E-state index contributed by atoms with van der Waals surface area (Å²) in [5.41, 5.74) is 2.79. The highest BCUT2D eigenvalue weighted by Crippen LogP contribution is 2.21. The first kappa shape index (κ1) is 42.4. The zero-order valence-corrected chi connectivity index (χ0v) is 30.5. The van der Waals surface area contributed by atoms with E-state index in [1.54, 1.807) is 0 Å². The summed E-state index contributed by atoms with van der Waals surface area (Å²) in [6.45, 7) is 14.6. The third kappa shape index (κ3) is 16.6. The number of carbonyl (C=O) groups is 2. The van der Waals surface area contributed by atoms with Crippen molar-refractivity contribution in [2.75, 3.05) is 13.1 Å². The predicted molar refractivity (Wildman–Crippen MR) is 190 cm³/mol. The number of carbonyl (C=O) groups excluding carboxylic acids is 2. The molecule has 2 atom stereocenters. The van der Waals surface area contributed by atoms with Crippen LogP contribution in [0.3, 0.4) is 0 Å². The smallest absolute Gasteiger partial charge is 0.217 e. The quantitative estimate of drug-likeness (QED) is 0.0802. The van der Waals surface area contributed by atoms with Crippen molar-refractivity contribution >= 4 is 22.0 Å². The number of aromatic hydroxyl groups is 4. The van der Waals surface area contributed by atoms with Crippen LogP contribution in [0.25, 0.3) is 0 Å². The number of phenols is 4. The van der Waals surface area contributed by atoms with E-state index < -0.39 is 10.4 Å². The Labute approximate surface area is 299 Å². The average molecular weight is 725 g/mol. The fourth-order valence-electron chi connectivity index (χ4n) is 4.97. The highest BCUT2D eigenvalue weighted by Gasteiger charge is 2.29. The van der Waals surface area contributed by atoms with Gasteiger partial charge in [0.15, 0.2) is 0 Å². The zero-order valence-electron chi connectivity index (χ0n) is 29.7. The van der Waals surface area contributed by atoms with Gasteiger partial charge in [0, 0.05) is 44.8 Å². The van der Waals surface area contributed by atoms with Crippen molar-refractivity contribution in [2.24, 2.45) is 0 Å².